The van der Waals surface area contributed by atoms with Gasteiger partial charge in [-0.15, -0.1) is 12.4 Å². The highest BCUT2D eigenvalue weighted by molar-refractivity contribution is 5.85. The van der Waals surface area contributed by atoms with Gasteiger partial charge in [0, 0.05) is 19.1 Å². The quantitative estimate of drug-likeness (QED) is 0.838. The maximum atomic E-state index is 12.1. The summed E-state index contributed by atoms with van der Waals surface area (Å²) in [5.41, 5.74) is 0. The van der Waals surface area contributed by atoms with Crippen molar-refractivity contribution in [1.82, 2.24) is 15.1 Å². The summed E-state index contributed by atoms with van der Waals surface area (Å²) in [5.74, 6) is 0.325. The molecule has 106 valence electrons. The Bertz CT molecular complexity index is 251. The Morgan fingerprint density at radius 1 is 1.22 bits per heavy atom. The van der Waals surface area contributed by atoms with Gasteiger partial charge in [-0.2, -0.15) is 0 Å². The van der Waals surface area contributed by atoms with E-state index in [1.807, 2.05) is 4.90 Å². The third kappa shape index (κ3) is 4.41. The molecule has 0 aromatic rings. The average molecular weight is 276 g/mol. The molecule has 18 heavy (non-hydrogen) atoms. The predicted molar refractivity (Wildman–Crippen MR) is 76.2 cm³/mol. The molecule has 2 saturated heterocycles. The van der Waals surface area contributed by atoms with E-state index in [2.05, 4.69) is 17.3 Å². The van der Waals surface area contributed by atoms with Crippen LogP contribution < -0.4 is 5.32 Å². The fraction of sp³-hybridized carbons (Fsp3) is 0.923. The zero-order chi connectivity index (χ0) is 12.1. The second-order valence-corrected chi connectivity index (χ2v) is 5.34. The second kappa shape index (κ2) is 7.97. The van der Waals surface area contributed by atoms with E-state index in [4.69, 9.17) is 0 Å². The van der Waals surface area contributed by atoms with Crippen molar-refractivity contribution in [2.75, 3.05) is 39.8 Å². The van der Waals surface area contributed by atoms with Crippen LogP contribution in [0.3, 0.4) is 0 Å². The topological polar surface area (TPSA) is 35.6 Å². The Kier molecular flexibility index (Phi) is 6.97. The van der Waals surface area contributed by atoms with Crippen LogP contribution in [0, 0.1) is 0 Å². The Balaban J connectivity index is 0.00000162. The molecular weight excluding hydrogens is 250 g/mol. The molecular formula is C13H26ClN3O. The number of nitrogens with one attached hydrogen (secondary N) is 1. The Labute approximate surface area is 116 Å². The number of carbonyl (C=O) groups is 1. The van der Waals surface area contributed by atoms with Gasteiger partial charge in [-0.25, -0.2) is 0 Å². The Morgan fingerprint density at radius 3 is 2.44 bits per heavy atom. The molecule has 1 N–H and O–H groups in total. The van der Waals surface area contributed by atoms with E-state index >= 15 is 0 Å². The van der Waals surface area contributed by atoms with Crippen LogP contribution in [0.15, 0.2) is 0 Å². The molecule has 2 aliphatic rings. The largest absolute Gasteiger partial charge is 0.342 e. The summed E-state index contributed by atoms with van der Waals surface area (Å²) in [5, 5.41) is 3.36. The van der Waals surface area contributed by atoms with Crippen molar-refractivity contribution in [1.29, 1.82) is 0 Å². The van der Waals surface area contributed by atoms with Crippen LogP contribution in [0.2, 0.25) is 0 Å². The molecule has 5 heteroatoms. The van der Waals surface area contributed by atoms with E-state index in [1.165, 1.54) is 32.1 Å². The second-order valence-electron chi connectivity index (χ2n) is 5.34. The van der Waals surface area contributed by atoms with Crippen molar-refractivity contribution in [2.45, 2.75) is 38.1 Å². The van der Waals surface area contributed by atoms with E-state index in [9.17, 15) is 4.79 Å². The first kappa shape index (κ1) is 15.7. The third-order valence-electron chi connectivity index (χ3n) is 4.03. The summed E-state index contributed by atoms with van der Waals surface area (Å²) in [7, 11) is 2.10. The van der Waals surface area contributed by atoms with Crippen molar-refractivity contribution in [2.24, 2.45) is 0 Å². The van der Waals surface area contributed by atoms with Gasteiger partial charge >= 0.3 is 0 Å². The predicted octanol–water partition coefficient (Wildman–Crippen LogP) is 1.10. The fourth-order valence-corrected chi connectivity index (χ4v) is 2.83. The lowest BCUT2D eigenvalue weighted by molar-refractivity contribution is -0.133. The first-order valence-corrected chi connectivity index (χ1v) is 6.96. The molecule has 0 aromatic heterocycles. The molecule has 0 atom stereocenters. The van der Waals surface area contributed by atoms with Gasteiger partial charge < -0.3 is 10.2 Å². The molecule has 0 unspecified atom stereocenters. The van der Waals surface area contributed by atoms with Crippen molar-refractivity contribution in [3.63, 3.8) is 0 Å². The highest BCUT2D eigenvalue weighted by atomic mass is 35.5. The van der Waals surface area contributed by atoms with Crippen LogP contribution in [0.5, 0.6) is 0 Å². The van der Waals surface area contributed by atoms with Gasteiger partial charge in [-0.3, -0.25) is 9.69 Å². The van der Waals surface area contributed by atoms with Crippen LogP contribution in [-0.2, 0) is 4.79 Å². The minimum atomic E-state index is 0. The number of carbonyl (C=O) groups excluding carboxylic acids is 1. The van der Waals surface area contributed by atoms with E-state index < -0.39 is 0 Å². The minimum absolute atomic E-state index is 0. The number of nitrogens with zero attached hydrogens (tertiary/aromatic N) is 2. The maximum absolute atomic E-state index is 12.1. The number of piperidine rings is 2. The number of halogens is 1. The highest BCUT2D eigenvalue weighted by Crippen LogP contribution is 2.12. The summed E-state index contributed by atoms with van der Waals surface area (Å²) in [6.45, 7) is 4.72. The van der Waals surface area contributed by atoms with E-state index in [1.54, 1.807) is 0 Å². The number of amides is 1. The van der Waals surface area contributed by atoms with Crippen LogP contribution in [0.1, 0.15) is 32.1 Å². The summed E-state index contributed by atoms with van der Waals surface area (Å²) in [6.07, 6.45) is 5.99. The Morgan fingerprint density at radius 2 is 1.83 bits per heavy atom. The Hall–Kier alpha value is -0.320. The molecule has 0 saturated carbocycles. The van der Waals surface area contributed by atoms with Crippen LogP contribution in [0.25, 0.3) is 0 Å². The number of hydrogen-bond acceptors (Lipinski definition) is 3. The number of hydrogen-bond donors (Lipinski definition) is 1. The van der Waals surface area contributed by atoms with Gasteiger partial charge in [-0.05, 0) is 52.2 Å². The van der Waals surface area contributed by atoms with Crippen LogP contribution >= 0.6 is 12.4 Å². The van der Waals surface area contributed by atoms with E-state index in [0.29, 0.717) is 18.5 Å². The first-order valence-electron chi connectivity index (χ1n) is 6.96. The van der Waals surface area contributed by atoms with Crippen LogP contribution in [-0.4, -0.2) is 61.5 Å². The van der Waals surface area contributed by atoms with Crippen molar-refractivity contribution >= 4 is 18.3 Å². The summed E-state index contributed by atoms with van der Waals surface area (Å²) in [4.78, 5) is 16.4. The highest BCUT2D eigenvalue weighted by Gasteiger charge is 2.22. The lowest BCUT2D eigenvalue weighted by Gasteiger charge is -2.34. The zero-order valence-electron chi connectivity index (χ0n) is 11.4. The molecule has 0 radical (unpaired) electrons. The van der Waals surface area contributed by atoms with E-state index in [0.717, 1.165) is 26.2 Å². The van der Waals surface area contributed by atoms with Gasteiger partial charge in [0.05, 0.1) is 6.54 Å². The molecule has 0 spiro atoms. The number of rotatable bonds is 3. The normalized spacial score (nSPS) is 21.8. The monoisotopic (exact) mass is 275 g/mol. The number of likely N-dealkylation sites (tertiary alicyclic amines) is 1. The molecule has 2 aliphatic heterocycles. The molecule has 0 aromatic carbocycles. The zero-order valence-corrected chi connectivity index (χ0v) is 12.2. The average Bonchev–Trinajstić information content (AvgIpc) is 2.40. The van der Waals surface area contributed by atoms with Gasteiger partial charge in [0.25, 0.3) is 0 Å². The van der Waals surface area contributed by atoms with E-state index in [-0.39, 0.29) is 12.4 Å². The van der Waals surface area contributed by atoms with Crippen molar-refractivity contribution < 1.29 is 4.79 Å². The van der Waals surface area contributed by atoms with Gasteiger partial charge in [0.2, 0.25) is 5.91 Å². The summed E-state index contributed by atoms with van der Waals surface area (Å²) < 4.78 is 0. The lowest BCUT2D eigenvalue weighted by Crippen LogP contribution is -2.47. The summed E-state index contributed by atoms with van der Waals surface area (Å²) in [6, 6.07) is 0.588. The summed E-state index contributed by atoms with van der Waals surface area (Å²) >= 11 is 0. The maximum Gasteiger partial charge on any atom is 0.236 e. The molecule has 4 nitrogen and oxygen atoms in total. The van der Waals surface area contributed by atoms with Crippen molar-refractivity contribution in [3.8, 4) is 0 Å². The fourth-order valence-electron chi connectivity index (χ4n) is 2.83. The standard InChI is InChI=1S/C13H25N3O.ClH/c1-15(12-5-7-14-8-6-12)11-13(17)16-9-3-2-4-10-16;/h12,14H,2-11H2,1H3;1H. The molecule has 1 amide bonds. The minimum Gasteiger partial charge on any atom is -0.342 e. The van der Waals surface area contributed by atoms with Crippen LogP contribution in [0.4, 0.5) is 0 Å². The SMILES string of the molecule is CN(CC(=O)N1CCCCC1)C1CCNCC1.Cl. The first-order chi connectivity index (χ1) is 8.27. The van der Waals surface area contributed by atoms with Gasteiger partial charge in [-0.1, -0.05) is 0 Å². The molecule has 2 heterocycles. The molecule has 0 bridgehead atoms. The molecule has 2 rings (SSSR count). The van der Waals surface area contributed by atoms with Crippen molar-refractivity contribution in [3.05, 3.63) is 0 Å². The smallest absolute Gasteiger partial charge is 0.236 e. The number of likely N-dealkylation sites (N-methyl/N-ethyl adjacent to an activating group) is 1. The lowest BCUT2D eigenvalue weighted by atomic mass is 10.1. The third-order valence-corrected chi connectivity index (χ3v) is 4.03. The molecule has 2 fully saturated rings. The van der Waals surface area contributed by atoms with Gasteiger partial charge in [0.1, 0.15) is 0 Å². The van der Waals surface area contributed by atoms with Gasteiger partial charge in [0.15, 0.2) is 0 Å². The molecule has 0 aliphatic carbocycles.